The summed E-state index contributed by atoms with van der Waals surface area (Å²) in [6.45, 7) is 0. The molecule has 1 heterocycles. The molecule has 1 aliphatic heterocycles. The molecule has 2 fully saturated rings. The minimum absolute atomic E-state index is 0.166. The van der Waals surface area contributed by atoms with Crippen molar-refractivity contribution in [3.8, 4) is 0 Å². The maximum Gasteiger partial charge on any atom is 0.243 e. The molecule has 1 N–H and O–H groups in total. The van der Waals surface area contributed by atoms with E-state index in [1.165, 1.54) is 0 Å². The molecule has 0 bridgehead atoms. The van der Waals surface area contributed by atoms with Gasteiger partial charge in [-0.1, -0.05) is 42.5 Å². The van der Waals surface area contributed by atoms with E-state index >= 15 is 0 Å². The molecule has 96 valence electrons. The minimum Gasteiger partial charge on any atom is -0.273 e. The molecule has 0 aromatic heterocycles. The number of nitrogens with zero attached hydrogens (tertiary/aromatic N) is 1. The molecule has 1 saturated heterocycles. The molecule has 3 unspecified atom stereocenters. The number of allylic oxidation sites excluding steroid dienone is 3. The Morgan fingerprint density at radius 2 is 2.05 bits per heavy atom. The Balaban J connectivity index is 1.58. The molecule has 4 rings (SSSR count). The Kier molecular flexibility index (Phi) is 2.21. The Morgan fingerprint density at radius 3 is 2.84 bits per heavy atom. The van der Waals surface area contributed by atoms with Crippen LogP contribution in [0.3, 0.4) is 0 Å². The molecule has 1 aromatic carbocycles. The fraction of sp³-hybridized carbons (Fsp3) is 0.312. The van der Waals surface area contributed by atoms with E-state index in [1.807, 2.05) is 30.3 Å². The highest BCUT2D eigenvalue weighted by molar-refractivity contribution is 5.95. The van der Waals surface area contributed by atoms with Crippen LogP contribution in [0, 0.1) is 11.3 Å². The van der Waals surface area contributed by atoms with Crippen LogP contribution < -0.4 is 10.4 Å². The number of hydrogen-bond donors (Lipinski definition) is 1. The van der Waals surface area contributed by atoms with Gasteiger partial charge in [0.2, 0.25) is 5.91 Å². The average molecular weight is 252 g/mol. The van der Waals surface area contributed by atoms with Crippen molar-refractivity contribution >= 4 is 11.6 Å². The second-order valence-corrected chi connectivity index (χ2v) is 5.62. The molecule has 1 amide bonds. The fourth-order valence-corrected chi connectivity index (χ4v) is 3.36. The third-order valence-electron chi connectivity index (χ3n) is 4.54. The van der Waals surface area contributed by atoms with E-state index in [2.05, 4.69) is 29.7 Å². The SMILES string of the molecule is O=C1CC(C23C=CC=CC2C3)NN1c1ccccc1. The van der Waals surface area contributed by atoms with Crippen LogP contribution in [0.4, 0.5) is 5.69 Å². The Bertz CT molecular complexity index is 578. The smallest absolute Gasteiger partial charge is 0.243 e. The summed E-state index contributed by atoms with van der Waals surface area (Å²) in [7, 11) is 0. The van der Waals surface area contributed by atoms with Crippen molar-refractivity contribution in [2.75, 3.05) is 5.01 Å². The molecule has 19 heavy (non-hydrogen) atoms. The van der Waals surface area contributed by atoms with Gasteiger partial charge in [-0.15, -0.1) is 0 Å². The first-order valence-corrected chi connectivity index (χ1v) is 6.80. The number of benzene rings is 1. The Morgan fingerprint density at radius 1 is 1.21 bits per heavy atom. The summed E-state index contributed by atoms with van der Waals surface area (Å²) < 4.78 is 0. The number of nitrogens with one attached hydrogen (secondary N) is 1. The second kappa shape index (κ2) is 3.81. The highest BCUT2D eigenvalue weighted by Gasteiger charge is 2.59. The number of para-hydroxylation sites is 1. The molecular weight excluding hydrogens is 236 g/mol. The van der Waals surface area contributed by atoms with Crippen LogP contribution in [-0.4, -0.2) is 11.9 Å². The van der Waals surface area contributed by atoms with Crippen molar-refractivity contribution in [2.45, 2.75) is 18.9 Å². The van der Waals surface area contributed by atoms with Crippen molar-refractivity contribution in [3.05, 3.63) is 54.6 Å². The summed E-state index contributed by atoms with van der Waals surface area (Å²) in [5.74, 6) is 0.776. The van der Waals surface area contributed by atoms with Crippen LogP contribution in [0.15, 0.2) is 54.6 Å². The minimum atomic E-state index is 0.166. The number of anilines is 1. The third-order valence-corrected chi connectivity index (χ3v) is 4.54. The number of fused-ring (bicyclic) bond motifs is 1. The van der Waals surface area contributed by atoms with Crippen molar-refractivity contribution in [1.29, 1.82) is 0 Å². The summed E-state index contributed by atoms with van der Waals surface area (Å²) in [5.41, 5.74) is 4.51. The summed E-state index contributed by atoms with van der Waals surface area (Å²) in [6.07, 6.45) is 10.5. The molecule has 0 spiro atoms. The number of rotatable bonds is 2. The lowest BCUT2D eigenvalue weighted by Gasteiger charge is -2.24. The zero-order valence-corrected chi connectivity index (χ0v) is 10.6. The zero-order valence-electron chi connectivity index (χ0n) is 10.6. The van der Waals surface area contributed by atoms with Gasteiger partial charge in [0.05, 0.1) is 5.69 Å². The van der Waals surface area contributed by atoms with E-state index in [0.29, 0.717) is 12.3 Å². The third kappa shape index (κ3) is 1.58. The van der Waals surface area contributed by atoms with Gasteiger partial charge in [0.1, 0.15) is 0 Å². The van der Waals surface area contributed by atoms with E-state index < -0.39 is 0 Å². The van der Waals surface area contributed by atoms with Crippen molar-refractivity contribution in [1.82, 2.24) is 5.43 Å². The van der Waals surface area contributed by atoms with E-state index in [4.69, 9.17) is 0 Å². The topological polar surface area (TPSA) is 32.3 Å². The van der Waals surface area contributed by atoms with Gasteiger partial charge in [-0.2, -0.15) is 0 Å². The number of carbonyl (C=O) groups is 1. The van der Waals surface area contributed by atoms with Gasteiger partial charge in [-0.3, -0.25) is 4.79 Å². The lowest BCUT2D eigenvalue weighted by Crippen LogP contribution is -2.41. The Hall–Kier alpha value is -1.87. The summed E-state index contributed by atoms with van der Waals surface area (Å²) in [4.78, 5) is 12.2. The zero-order chi connectivity index (χ0) is 12.9. The van der Waals surface area contributed by atoms with Crippen LogP contribution in [0.5, 0.6) is 0 Å². The summed E-state index contributed by atoms with van der Waals surface area (Å²) in [6, 6.07) is 10.0. The van der Waals surface area contributed by atoms with E-state index in [1.54, 1.807) is 5.01 Å². The van der Waals surface area contributed by atoms with E-state index in [-0.39, 0.29) is 17.4 Å². The molecular formula is C16H16N2O. The van der Waals surface area contributed by atoms with Crippen molar-refractivity contribution in [2.24, 2.45) is 11.3 Å². The van der Waals surface area contributed by atoms with Gasteiger partial charge in [-0.05, 0) is 24.5 Å². The normalized spacial score (nSPS) is 35.6. The molecule has 0 radical (unpaired) electrons. The lowest BCUT2D eigenvalue weighted by atomic mass is 9.89. The molecule has 2 aliphatic carbocycles. The van der Waals surface area contributed by atoms with Crippen LogP contribution in [-0.2, 0) is 4.79 Å². The first-order valence-electron chi connectivity index (χ1n) is 6.80. The van der Waals surface area contributed by atoms with Gasteiger partial charge < -0.3 is 0 Å². The second-order valence-electron chi connectivity index (χ2n) is 5.62. The molecule has 3 heteroatoms. The van der Waals surface area contributed by atoms with Gasteiger partial charge in [0.15, 0.2) is 0 Å². The maximum absolute atomic E-state index is 12.2. The quantitative estimate of drug-likeness (QED) is 0.876. The van der Waals surface area contributed by atoms with Gasteiger partial charge >= 0.3 is 0 Å². The Labute approximate surface area is 112 Å². The highest BCUT2D eigenvalue weighted by Crippen LogP contribution is 2.60. The predicted octanol–water partition coefficient (Wildman–Crippen LogP) is 2.43. The van der Waals surface area contributed by atoms with Gasteiger partial charge in [-0.25, -0.2) is 10.4 Å². The number of amides is 1. The van der Waals surface area contributed by atoms with Gasteiger partial charge in [0, 0.05) is 17.9 Å². The standard InChI is InChI=1S/C16H16N2O/c19-15-10-14(16-9-5-4-6-12(16)11-16)17-18(15)13-7-2-1-3-8-13/h1-9,12,14,17H,10-11H2. The van der Waals surface area contributed by atoms with Crippen molar-refractivity contribution < 1.29 is 4.79 Å². The van der Waals surface area contributed by atoms with E-state index in [0.717, 1.165) is 12.1 Å². The highest BCUT2D eigenvalue weighted by atomic mass is 16.2. The monoisotopic (exact) mass is 252 g/mol. The number of hydrogen-bond acceptors (Lipinski definition) is 2. The first-order chi connectivity index (χ1) is 9.29. The first kappa shape index (κ1) is 11.0. The van der Waals surface area contributed by atoms with Crippen LogP contribution in [0.1, 0.15) is 12.8 Å². The molecule has 3 aliphatic rings. The van der Waals surface area contributed by atoms with E-state index in [9.17, 15) is 4.79 Å². The molecule has 1 saturated carbocycles. The molecule has 3 nitrogen and oxygen atoms in total. The molecule has 1 aromatic rings. The maximum atomic E-state index is 12.2. The number of carbonyl (C=O) groups excluding carboxylic acids is 1. The summed E-state index contributed by atoms with van der Waals surface area (Å²) >= 11 is 0. The predicted molar refractivity (Wildman–Crippen MR) is 74.3 cm³/mol. The largest absolute Gasteiger partial charge is 0.273 e. The van der Waals surface area contributed by atoms with Crippen LogP contribution in [0.25, 0.3) is 0 Å². The lowest BCUT2D eigenvalue weighted by molar-refractivity contribution is -0.117. The van der Waals surface area contributed by atoms with Crippen LogP contribution in [0.2, 0.25) is 0 Å². The fourth-order valence-electron chi connectivity index (χ4n) is 3.36. The summed E-state index contributed by atoms with van der Waals surface area (Å²) in [5, 5.41) is 1.71. The number of hydrazine groups is 1. The molecule has 3 atom stereocenters. The van der Waals surface area contributed by atoms with Crippen molar-refractivity contribution in [3.63, 3.8) is 0 Å². The van der Waals surface area contributed by atoms with Gasteiger partial charge in [0.25, 0.3) is 0 Å². The van der Waals surface area contributed by atoms with Crippen LogP contribution >= 0.6 is 0 Å². The average Bonchev–Trinajstić information content (AvgIpc) is 3.08.